The van der Waals surface area contributed by atoms with Gasteiger partial charge < -0.3 is 10.2 Å². The molecule has 152 valence electrons. The fourth-order valence-electron chi connectivity index (χ4n) is 3.41. The first-order valence-corrected chi connectivity index (χ1v) is 10.7. The summed E-state index contributed by atoms with van der Waals surface area (Å²) < 4.78 is 0. The van der Waals surface area contributed by atoms with Crippen molar-refractivity contribution >= 4 is 35.0 Å². The van der Waals surface area contributed by atoms with Crippen LogP contribution >= 0.6 is 11.8 Å². The first kappa shape index (κ1) is 20.2. The molecule has 2 aromatic carbocycles. The van der Waals surface area contributed by atoms with Crippen LogP contribution in [0.2, 0.25) is 0 Å². The van der Waals surface area contributed by atoms with Gasteiger partial charge in [0.1, 0.15) is 5.03 Å². The van der Waals surface area contributed by atoms with E-state index in [1.807, 2.05) is 30.3 Å². The minimum atomic E-state index is -0.223. The van der Waals surface area contributed by atoms with Crippen molar-refractivity contribution in [2.75, 3.05) is 16.8 Å². The van der Waals surface area contributed by atoms with Crippen LogP contribution in [0.4, 0.5) is 11.4 Å². The molecule has 1 aromatic heterocycles. The highest BCUT2D eigenvalue weighted by atomic mass is 32.2. The van der Waals surface area contributed by atoms with Crippen LogP contribution in [-0.4, -0.2) is 23.3 Å². The van der Waals surface area contributed by atoms with Gasteiger partial charge in [-0.05, 0) is 73.9 Å². The van der Waals surface area contributed by atoms with Gasteiger partial charge in [-0.1, -0.05) is 23.9 Å². The van der Waals surface area contributed by atoms with E-state index in [1.165, 1.54) is 22.9 Å². The van der Waals surface area contributed by atoms with E-state index in [2.05, 4.69) is 36.3 Å². The normalized spacial score (nSPS) is 13.5. The molecule has 0 saturated carbocycles. The van der Waals surface area contributed by atoms with Crippen LogP contribution < -0.4 is 10.2 Å². The third-order valence-corrected chi connectivity index (χ3v) is 6.21. The number of nitrogens with one attached hydrogen (secondary N) is 1. The maximum atomic E-state index is 13.0. The van der Waals surface area contributed by atoms with Gasteiger partial charge in [-0.3, -0.25) is 9.59 Å². The monoisotopic (exact) mass is 417 g/mol. The summed E-state index contributed by atoms with van der Waals surface area (Å²) in [7, 11) is 0. The quantitative estimate of drug-likeness (QED) is 0.618. The molecule has 5 nitrogen and oxygen atoms in total. The smallest absolute Gasteiger partial charge is 0.258 e. The molecule has 0 aliphatic carbocycles. The minimum absolute atomic E-state index is 0.123. The minimum Gasteiger partial charge on any atom is -0.322 e. The predicted octanol–water partition coefficient (Wildman–Crippen LogP) is 5.23. The van der Waals surface area contributed by atoms with Crippen molar-refractivity contribution in [3.63, 3.8) is 0 Å². The van der Waals surface area contributed by atoms with Crippen molar-refractivity contribution in [2.24, 2.45) is 0 Å². The largest absolute Gasteiger partial charge is 0.322 e. The average molecular weight is 418 g/mol. The molecule has 1 aliphatic rings. The fraction of sp³-hybridized carbons (Fsp3) is 0.208. The van der Waals surface area contributed by atoms with E-state index < -0.39 is 0 Å². The number of rotatable bonds is 5. The Kier molecular flexibility index (Phi) is 5.86. The van der Waals surface area contributed by atoms with Gasteiger partial charge in [-0.2, -0.15) is 0 Å². The van der Waals surface area contributed by atoms with Crippen molar-refractivity contribution in [2.45, 2.75) is 36.6 Å². The summed E-state index contributed by atoms with van der Waals surface area (Å²) in [5.41, 5.74) is 4.42. The van der Waals surface area contributed by atoms with Crippen LogP contribution in [0.25, 0.3) is 0 Å². The Morgan fingerprint density at radius 1 is 1.07 bits per heavy atom. The zero-order valence-corrected chi connectivity index (χ0v) is 17.8. The van der Waals surface area contributed by atoms with Gasteiger partial charge >= 0.3 is 0 Å². The van der Waals surface area contributed by atoms with E-state index in [4.69, 9.17) is 0 Å². The molecule has 2 amide bonds. The molecule has 2 heterocycles. The molecule has 30 heavy (non-hydrogen) atoms. The van der Waals surface area contributed by atoms with Crippen molar-refractivity contribution in [3.8, 4) is 0 Å². The first-order chi connectivity index (χ1) is 14.5. The molecular formula is C24H23N3O2S. The maximum absolute atomic E-state index is 13.0. The molecule has 0 bridgehead atoms. The summed E-state index contributed by atoms with van der Waals surface area (Å²) in [5.74, 6) is -0.0999. The standard InChI is InChI=1S/C24H23N3O2S/c1-16-10-11-20(14-17(16)2)30-24-21(8-4-12-25-24)23(29)26-18-6-3-7-19(15-18)27-13-5-9-22(27)28/h3-4,6-8,10-12,14-15H,5,9,13H2,1-2H3,(H,26,29). The Balaban J connectivity index is 1.54. The Bertz CT molecular complexity index is 1110. The lowest BCUT2D eigenvalue weighted by Crippen LogP contribution is -2.23. The molecule has 1 aliphatic heterocycles. The number of aromatic nitrogens is 1. The zero-order valence-electron chi connectivity index (χ0n) is 17.0. The molecule has 0 atom stereocenters. The van der Waals surface area contributed by atoms with Gasteiger partial charge in [-0.25, -0.2) is 4.98 Å². The SMILES string of the molecule is Cc1ccc(Sc2ncccc2C(=O)Nc2cccc(N3CCCC3=O)c2)cc1C. The lowest BCUT2D eigenvalue weighted by atomic mass is 10.1. The summed E-state index contributed by atoms with van der Waals surface area (Å²) in [6.45, 7) is 4.87. The van der Waals surface area contributed by atoms with E-state index in [-0.39, 0.29) is 11.8 Å². The van der Waals surface area contributed by atoms with E-state index in [0.717, 1.165) is 23.5 Å². The van der Waals surface area contributed by atoms with E-state index in [9.17, 15) is 9.59 Å². The number of benzene rings is 2. The van der Waals surface area contributed by atoms with Crippen molar-refractivity contribution in [3.05, 3.63) is 77.5 Å². The van der Waals surface area contributed by atoms with Crippen molar-refractivity contribution < 1.29 is 9.59 Å². The Morgan fingerprint density at radius 2 is 1.93 bits per heavy atom. The number of carbonyl (C=O) groups excluding carboxylic acids is 2. The highest BCUT2D eigenvalue weighted by Crippen LogP contribution is 2.31. The molecule has 1 saturated heterocycles. The van der Waals surface area contributed by atoms with E-state index in [1.54, 1.807) is 23.2 Å². The molecule has 0 radical (unpaired) electrons. The number of hydrogen-bond acceptors (Lipinski definition) is 4. The van der Waals surface area contributed by atoms with E-state index in [0.29, 0.717) is 22.7 Å². The third kappa shape index (κ3) is 4.39. The summed E-state index contributed by atoms with van der Waals surface area (Å²) in [5, 5.41) is 3.61. The van der Waals surface area contributed by atoms with Gasteiger partial charge in [-0.15, -0.1) is 0 Å². The van der Waals surface area contributed by atoms with Gasteiger partial charge in [0.2, 0.25) is 5.91 Å². The van der Waals surface area contributed by atoms with Gasteiger partial charge in [0, 0.05) is 35.4 Å². The molecule has 4 rings (SSSR count). The number of carbonyl (C=O) groups is 2. The molecule has 0 unspecified atom stereocenters. The lowest BCUT2D eigenvalue weighted by Gasteiger charge is -2.17. The maximum Gasteiger partial charge on any atom is 0.258 e. The average Bonchev–Trinajstić information content (AvgIpc) is 3.17. The van der Waals surface area contributed by atoms with Gasteiger partial charge in [0.05, 0.1) is 5.56 Å². The molecule has 3 aromatic rings. The second kappa shape index (κ2) is 8.71. The highest BCUT2D eigenvalue weighted by molar-refractivity contribution is 7.99. The number of amides is 2. The molecular weight excluding hydrogens is 394 g/mol. The van der Waals surface area contributed by atoms with Gasteiger partial charge in [0.25, 0.3) is 5.91 Å². The second-order valence-electron chi connectivity index (χ2n) is 7.36. The number of anilines is 2. The van der Waals surface area contributed by atoms with Crippen LogP contribution in [0.5, 0.6) is 0 Å². The van der Waals surface area contributed by atoms with Crippen LogP contribution in [0.15, 0.2) is 70.7 Å². The first-order valence-electron chi connectivity index (χ1n) is 9.93. The van der Waals surface area contributed by atoms with Crippen LogP contribution in [0.3, 0.4) is 0 Å². The Morgan fingerprint density at radius 3 is 2.70 bits per heavy atom. The second-order valence-corrected chi connectivity index (χ2v) is 8.42. The number of pyridine rings is 1. The Hall–Kier alpha value is -3.12. The molecule has 0 spiro atoms. The molecule has 1 N–H and O–H groups in total. The topological polar surface area (TPSA) is 62.3 Å². The Labute approximate surface area is 180 Å². The van der Waals surface area contributed by atoms with Gasteiger partial charge in [0.15, 0.2) is 0 Å². The van der Waals surface area contributed by atoms with Crippen LogP contribution in [0.1, 0.15) is 34.3 Å². The van der Waals surface area contributed by atoms with E-state index >= 15 is 0 Å². The molecule has 6 heteroatoms. The highest BCUT2D eigenvalue weighted by Gasteiger charge is 2.22. The predicted molar refractivity (Wildman–Crippen MR) is 120 cm³/mol. The number of nitrogens with zero attached hydrogens (tertiary/aromatic N) is 2. The number of aryl methyl sites for hydroxylation is 2. The lowest BCUT2D eigenvalue weighted by molar-refractivity contribution is -0.117. The zero-order chi connectivity index (χ0) is 21.1. The summed E-state index contributed by atoms with van der Waals surface area (Å²) in [4.78, 5) is 32.3. The van der Waals surface area contributed by atoms with Crippen molar-refractivity contribution in [1.82, 2.24) is 4.98 Å². The summed E-state index contributed by atoms with van der Waals surface area (Å²) in [6.07, 6.45) is 3.13. The van der Waals surface area contributed by atoms with Crippen molar-refractivity contribution in [1.29, 1.82) is 0 Å². The summed E-state index contributed by atoms with van der Waals surface area (Å²) in [6, 6.07) is 17.2. The fourth-order valence-corrected chi connectivity index (χ4v) is 4.38. The van der Waals surface area contributed by atoms with Crippen LogP contribution in [0, 0.1) is 13.8 Å². The summed E-state index contributed by atoms with van der Waals surface area (Å²) >= 11 is 1.47. The molecule has 1 fully saturated rings. The van der Waals surface area contributed by atoms with Crippen LogP contribution in [-0.2, 0) is 4.79 Å². The number of hydrogen-bond donors (Lipinski definition) is 1. The third-order valence-electron chi connectivity index (χ3n) is 5.20.